The topological polar surface area (TPSA) is 21.3 Å². The molecule has 0 saturated heterocycles. The van der Waals surface area contributed by atoms with Crippen molar-refractivity contribution in [1.82, 2.24) is 4.57 Å². The number of benzene rings is 10. The number of rotatable bonds is 6. The first kappa shape index (κ1) is 34.9. The molecule has 13 rings (SSSR count). The lowest BCUT2D eigenvalue weighted by molar-refractivity contribution is 0.672. The van der Waals surface area contributed by atoms with E-state index in [2.05, 4.69) is 228 Å². The maximum Gasteiger partial charge on any atom is 0.143 e. The molecule has 3 nitrogen and oxygen atoms in total. The number of thiophene rings is 1. The molecule has 0 aliphatic rings. The molecule has 0 unspecified atom stereocenters. The molecule has 0 radical (unpaired) electrons. The Bertz CT molecular complexity index is 3870. The number of hydrogen-bond acceptors (Lipinski definition) is 3. The smallest absolute Gasteiger partial charge is 0.143 e. The van der Waals surface area contributed by atoms with Crippen LogP contribution in [-0.2, 0) is 0 Å². The van der Waals surface area contributed by atoms with Crippen LogP contribution in [0.3, 0.4) is 0 Å². The predicted molar refractivity (Wildman–Crippen MR) is 264 cm³/mol. The molecule has 0 spiro atoms. The number of anilines is 3. The second kappa shape index (κ2) is 13.8. The molecule has 3 heterocycles. The van der Waals surface area contributed by atoms with Crippen molar-refractivity contribution in [3.63, 3.8) is 0 Å². The molecule has 290 valence electrons. The van der Waals surface area contributed by atoms with E-state index in [9.17, 15) is 0 Å². The van der Waals surface area contributed by atoms with E-state index in [0.717, 1.165) is 61.0 Å². The lowest BCUT2D eigenvalue weighted by Crippen LogP contribution is -2.10. The molecule has 0 aliphatic carbocycles. The molecule has 4 heteroatoms. The van der Waals surface area contributed by atoms with Crippen molar-refractivity contribution >= 4 is 103 Å². The van der Waals surface area contributed by atoms with Crippen LogP contribution in [0.1, 0.15) is 0 Å². The summed E-state index contributed by atoms with van der Waals surface area (Å²) in [5.41, 5.74) is 13.2. The summed E-state index contributed by atoms with van der Waals surface area (Å²) in [6.45, 7) is 0. The monoisotopic (exact) mass is 808 g/mol. The van der Waals surface area contributed by atoms with Gasteiger partial charge < -0.3 is 13.9 Å². The number of aromatic nitrogens is 1. The van der Waals surface area contributed by atoms with Gasteiger partial charge in [0.05, 0.1) is 22.1 Å². The summed E-state index contributed by atoms with van der Waals surface area (Å²) >= 11 is 1.85. The summed E-state index contributed by atoms with van der Waals surface area (Å²) in [6.07, 6.45) is 0. The summed E-state index contributed by atoms with van der Waals surface area (Å²) in [7, 11) is 0. The van der Waals surface area contributed by atoms with Crippen molar-refractivity contribution in [3.05, 3.63) is 218 Å². The Hall–Kier alpha value is -7.92. The lowest BCUT2D eigenvalue weighted by Gasteiger charge is -2.27. The fourth-order valence-corrected chi connectivity index (χ4v) is 10.9. The van der Waals surface area contributed by atoms with Crippen molar-refractivity contribution in [3.8, 4) is 27.9 Å². The van der Waals surface area contributed by atoms with Crippen LogP contribution in [0.15, 0.2) is 223 Å². The second-order valence-corrected chi connectivity index (χ2v) is 17.1. The third-order valence-corrected chi connectivity index (χ3v) is 13.7. The number of nitrogens with zero attached hydrogens (tertiary/aromatic N) is 2. The molecule has 0 saturated carbocycles. The third kappa shape index (κ3) is 5.37. The van der Waals surface area contributed by atoms with Crippen molar-refractivity contribution in [2.24, 2.45) is 0 Å². The Morgan fingerprint density at radius 1 is 0.403 bits per heavy atom. The Morgan fingerprint density at radius 2 is 1.11 bits per heavy atom. The highest BCUT2D eigenvalue weighted by Gasteiger charge is 2.22. The van der Waals surface area contributed by atoms with Crippen LogP contribution >= 0.6 is 11.3 Å². The van der Waals surface area contributed by atoms with Gasteiger partial charge >= 0.3 is 0 Å². The third-order valence-electron chi connectivity index (χ3n) is 12.6. The Labute approximate surface area is 361 Å². The molecule has 3 aromatic heterocycles. The number of para-hydroxylation sites is 2. The molecule has 10 aromatic carbocycles. The van der Waals surface area contributed by atoms with Gasteiger partial charge in [0.15, 0.2) is 0 Å². The molecule has 13 aromatic rings. The van der Waals surface area contributed by atoms with E-state index in [-0.39, 0.29) is 0 Å². The van der Waals surface area contributed by atoms with Gasteiger partial charge in [-0.25, -0.2) is 0 Å². The van der Waals surface area contributed by atoms with Gasteiger partial charge in [-0.2, -0.15) is 0 Å². The average molecular weight is 809 g/mol. The summed E-state index contributed by atoms with van der Waals surface area (Å²) in [5.74, 6) is 0. The molecule has 0 amide bonds. The van der Waals surface area contributed by atoms with Gasteiger partial charge in [-0.15, -0.1) is 11.3 Å². The summed E-state index contributed by atoms with van der Waals surface area (Å²) < 4.78 is 11.8. The largest absolute Gasteiger partial charge is 0.455 e. The van der Waals surface area contributed by atoms with Crippen molar-refractivity contribution in [2.75, 3.05) is 4.90 Å². The maximum atomic E-state index is 6.75. The minimum absolute atomic E-state index is 0.864. The van der Waals surface area contributed by atoms with E-state index in [1.807, 2.05) is 11.3 Å². The van der Waals surface area contributed by atoms with Gasteiger partial charge in [0.25, 0.3) is 0 Å². The predicted octanol–water partition coefficient (Wildman–Crippen LogP) is 17.0. The lowest BCUT2D eigenvalue weighted by atomic mass is 9.98. The first-order valence-electron chi connectivity index (χ1n) is 21.1. The zero-order valence-corrected chi connectivity index (χ0v) is 34.3. The summed E-state index contributed by atoms with van der Waals surface area (Å²) in [5, 5.41) is 9.56. The zero-order chi connectivity index (χ0) is 40.7. The van der Waals surface area contributed by atoms with Crippen LogP contribution < -0.4 is 4.90 Å². The van der Waals surface area contributed by atoms with Crippen LogP contribution in [0.2, 0.25) is 0 Å². The van der Waals surface area contributed by atoms with Crippen LogP contribution in [0, 0.1) is 0 Å². The van der Waals surface area contributed by atoms with Gasteiger partial charge in [-0.1, -0.05) is 133 Å². The normalized spacial score (nSPS) is 11.9. The summed E-state index contributed by atoms with van der Waals surface area (Å²) in [6, 6.07) is 79.2. The van der Waals surface area contributed by atoms with Gasteiger partial charge in [0, 0.05) is 58.8 Å². The highest BCUT2D eigenvalue weighted by molar-refractivity contribution is 7.25. The Kier molecular flexibility index (Phi) is 7.78. The second-order valence-electron chi connectivity index (χ2n) is 16.0. The number of fused-ring (bicyclic) bond motifs is 11. The van der Waals surface area contributed by atoms with Crippen LogP contribution in [0.25, 0.3) is 103 Å². The highest BCUT2D eigenvalue weighted by atomic mass is 32.1. The fourth-order valence-electron chi connectivity index (χ4n) is 9.78. The molecule has 0 atom stereocenters. The minimum Gasteiger partial charge on any atom is -0.455 e. The van der Waals surface area contributed by atoms with E-state index in [0.29, 0.717) is 0 Å². The number of hydrogen-bond donors (Lipinski definition) is 0. The van der Waals surface area contributed by atoms with E-state index in [1.54, 1.807) is 0 Å². The highest BCUT2D eigenvalue weighted by Crippen LogP contribution is 2.46. The zero-order valence-electron chi connectivity index (χ0n) is 33.5. The quantitative estimate of drug-likeness (QED) is 0.167. The van der Waals surface area contributed by atoms with E-state index in [4.69, 9.17) is 4.42 Å². The van der Waals surface area contributed by atoms with Gasteiger partial charge in [-0.05, 0) is 113 Å². The number of furan rings is 1. The molecule has 0 fully saturated rings. The fraction of sp³-hybridized carbons (Fsp3) is 0. The maximum absolute atomic E-state index is 6.75. The van der Waals surface area contributed by atoms with Crippen LogP contribution in [-0.4, -0.2) is 4.57 Å². The summed E-state index contributed by atoms with van der Waals surface area (Å²) in [4.78, 5) is 2.40. The van der Waals surface area contributed by atoms with Crippen molar-refractivity contribution < 1.29 is 4.42 Å². The Balaban J connectivity index is 1.00. The SMILES string of the molecule is c1ccc(-n2c3ccccc3c3c(-c4ccc(N(c5cccc(-c6ccc7sc8ccccc8c7c6)c5)c5cccc6oc7c8ccccc8ccc7c56)cc4)cccc32)cc1. The van der Waals surface area contributed by atoms with Gasteiger partial charge in [0.2, 0.25) is 0 Å². The molecule has 62 heavy (non-hydrogen) atoms. The molecule has 0 bridgehead atoms. The van der Waals surface area contributed by atoms with Gasteiger partial charge in [-0.3, -0.25) is 0 Å². The Morgan fingerprint density at radius 3 is 2.02 bits per heavy atom. The van der Waals surface area contributed by atoms with E-state index >= 15 is 0 Å². The molecular formula is C58H36N2OS. The molecule has 0 N–H and O–H groups in total. The van der Waals surface area contributed by atoms with Crippen molar-refractivity contribution in [1.29, 1.82) is 0 Å². The molecular weight excluding hydrogens is 773 g/mol. The van der Waals surface area contributed by atoms with Crippen molar-refractivity contribution in [2.45, 2.75) is 0 Å². The van der Waals surface area contributed by atoms with Gasteiger partial charge in [0.1, 0.15) is 11.2 Å². The van der Waals surface area contributed by atoms with Crippen LogP contribution in [0.5, 0.6) is 0 Å². The van der Waals surface area contributed by atoms with E-state index in [1.165, 1.54) is 58.7 Å². The van der Waals surface area contributed by atoms with E-state index < -0.39 is 0 Å². The minimum atomic E-state index is 0.864. The first-order chi connectivity index (χ1) is 30.7. The standard InChI is InChI=1S/C58H36N2OS/c1-2-15-41(16-3-1)60-50-22-8-6-20-47(50)56-44(21-11-23-51(56)60)38-27-31-42(32-28-38)59(52-24-12-25-53-57(52)48-33-29-37-13-4-5-18-45(37)58(48)61-53)43-17-10-14-39(35-43)40-30-34-55-49(36-40)46-19-7-9-26-54(46)62-55/h1-36H. The molecule has 0 aliphatic heterocycles. The average Bonchev–Trinajstić information content (AvgIpc) is 4.02. The first-order valence-corrected chi connectivity index (χ1v) is 21.9. The van der Waals surface area contributed by atoms with Crippen LogP contribution in [0.4, 0.5) is 17.1 Å².